The summed E-state index contributed by atoms with van der Waals surface area (Å²) in [7, 11) is 14.2. The predicted molar refractivity (Wildman–Crippen MR) is 296 cm³/mol. The summed E-state index contributed by atoms with van der Waals surface area (Å²) in [6, 6.07) is 0.764. The molecule has 0 aromatic heterocycles. The zero-order valence-electron chi connectivity index (χ0n) is 35.1. The first kappa shape index (κ1) is 78.0. The number of hydrogen-bond donors (Lipinski definition) is 0. The number of rotatable bonds is 7. The van der Waals surface area contributed by atoms with Crippen LogP contribution in [0.4, 0.5) is 0 Å². The Balaban J connectivity index is -0.0000000597. The molecule has 319 valence electrons. The number of Topliss-reactive ketones (excluding diaryl/α,β-unsaturated/α-hetero) is 1. The van der Waals surface area contributed by atoms with E-state index in [0.717, 1.165) is 23.1 Å². The van der Waals surface area contributed by atoms with E-state index in [0.29, 0.717) is 22.7 Å². The molecular weight excluding hydrogens is 1780 g/mol. The number of alkyl halides is 1. The Morgan fingerprint density at radius 3 is 0.981 bits per heavy atom. The number of amides is 3. The summed E-state index contributed by atoms with van der Waals surface area (Å²) in [5.74, 6) is 1.38. The standard InChI is InChI=1S/C7H17NOSi.2C7H13NO.C7H17N.C3H6O.CH3I.I3.5HI.2V/c1-8(2)7(9)6-10(3,4)5;2*1-6(2)5-7(9)8(3)4;1-7(2)5-6-8(3)4;1-3(2)4;1-2;1-3-2;;;;;;;/h6H2,1-5H3;2*5H,1-4H3;7H,5-6H2,1-4H3;1-2H3;1H3;;5*1H;;/q;;;;;;-1;;;;;;+2;+3/p-5. The predicted octanol–water partition coefficient (Wildman–Crippen LogP) is 9.93. The first-order valence-corrected chi connectivity index (χ1v) is 56.3. The summed E-state index contributed by atoms with van der Waals surface area (Å²) in [6.45, 7) is 23.0. The Kier molecular flexibility index (Phi) is 87.9. The van der Waals surface area contributed by atoms with E-state index in [4.69, 9.17) is 0 Å². The van der Waals surface area contributed by atoms with Gasteiger partial charge in [0.2, 0.25) is 17.7 Å². The Morgan fingerprint density at radius 1 is 0.692 bits per heavy atom. The Hall–Kier alpha value is 5.48. The maximum atomic E-state index is 11.1. The summed E-state index contributed by atoms with van der Waals surface area (Å²) in [5.41, 5.74) is 2.07. The molecule has 0 aromatic rings. The summed E-state index contributed by atoms with van der Waals surface area (Å²) < 4.78 is 0. The summed E-state index contributed by atoms with van der Waals surface area (Å²) >= 11 is 19.6. The molecule has 3 amide bonds. The minimum absolute atomic E-state index is 0.0509. The Labute approximate surface area is 433 Å². The molecule has 0 unspecified atom stereocenters. The van der Waals surface area contributed by atoms with E-state index >= 15 is 0 Å². The van der Waals surface area contributed by atoms with Gasteiger partial charge < -0.3 is 24.4 Å². The van der Waals surface area contributed by atoms with Crippen molar-refractivity contribution in [2.45, 2.75) is 87.5 Å². The van der Waals surface area contributed by atoms with E-state index in [9.17, 15) is 19.2 Å². The fourth-order valence-corrected chi connectivity index (χ4v) is 3.10. The molecule has 0 rings (SSSR count). The van der Waals surface area contributed by atoms with Gasteiger partial charge in [0.1, 0.15) is 5.78 Å². The van der Waals surface area contributed by atoms with Crippen LogP contribution in [0.2, 0.25) is 25.7 Å². The van der Waals surface area contributed by atoms with Crippen LogP contribution in [-0.2, 0) is 33.6 Å². The van der Waals surface area contributed by atoms with E-state index in [2.05, 4.69) is 212 Å². The fraction of sp³-hybridized carbons (Fsp3) is 0.750. The topological polar surface area (TPSA) is 81.2 Å². The first-order valence-electron chi connectivity index (χ1n) is 15.3. The Morgan fingerprint density at radius 2 is 0.923 bits per heavy atom. The van der Waals surface area contributed by atoms with Crippen molar-refractivity contribution in [2.75, 3.05) is 67.9 Å². The van der Waals surface area contributed by atoms with Gasteiger partial charge in [-0.15, -0.1) is 0 Å². The van der Waals surface area contributed by atoms with E-state index < -0.39 is 8.07 Å². The first-order chi connectivity index (χ1) is 23.3. The number of ketones is 1. The normalized spacial score (nSPS) is 8.83. The van der Waals surface area contributed by atoms with Crippen LogP contribution < -0.4 is 13.3 Å². The van der Waals surface area contributed by atoms with Crippen LogP contribution in [0, 0.1) is 5.92 Å². The molecule has 0 spiro atoms. The van der Waals surface area contributed by atoms with Crippen LogP contribution in [0.3, 0.4) is 0 Å². The van der Waals surface area contributed by atoms with Gasteiger partial charge in [-0.1, -0.05) is 67.2 Å². The molecule has 0 aromatic carbocycles. The second kappa shape index (κ2) is 58.6. The molecule has 0 aliphatic carbocycles. The molecule has 8 nitrogen and oxygen atoms in total. The molecule has 20 heteroatoms. The molecular formula is C32H69I9N4O4SiV2-. The third kappa shape index (κ3) is 131. The monoisotopic (exact) mass is 1850 g/mol. The van der Waals surface area contributed by atoms with Crippen molar-refractivity contribution >= 4 is 191 Å². The molecule has 0 aliphatic rings. The van der Waals surface area contributed by atoms with E-state index in [1.54, 1.807) is 55.0 Å². The number of nitrogens with zero attached hydrogens (tertiary/aromatic N) is 4. The molecule has 0 atom stereocenters. The molecule has 0 fully saturated rings. The van der Waals surface area contributed by atoms with Gasteiger partial charge in [0.05, 0.1) is 8.07 Å². The van der Waals surface area contributed by atoms with Gasteiger partial charge in [-0.05, 0) is 79.5 Å². The van der Waals surface area contributed by atoms with Crippen molar-refractivity contribution in [2.24, 2.45) is 5.92 Å². The SMILES string of the molecule is CC(C)=CC(=O)N(C)C.CC(C)=CC(=O)N(C)C.CC(C)=O.CC(C)CCN(C)C.CI.CN(C)C(=O)C[Si](C)(C)C.I[I-]I.[I][V]([I])[I].[I][V][I]. The van der Waals surface area contributed by atoms with Gasteiger partial charge in [0.25, 0.3) is 0 Å². The minimum atomic E-state index is -1.17. The van der Waals surface area contributed by atoms with Gasteiger partial charge >= 0.3 is 165 Å². The average Bonchev–Trinajstić information content (AvgIpc) is 2.92. The van der Waals surface area contributed by atoms with Crippen molar-refractivity contribution in [1.82, 2.24) is 19.6 Å². The molecule has 0 radical (unpaired) electrons. The number of carbonyl (C=O) groups excluding carboxylic acids is 4. The summed E-state index contributed by atoms with van der Waals surface area (Å²) in [6.07, 6.45) is 4.53. The van der Waals surface area contributed by atoms with E-state index in [-0.39, 0.29) is 28.4 Å². The maximum absolute atomic E-state index is 11.1. The van der Waals surface area contributed by atoms with Gasteiger partial charge in [-0.25, -0.2) is 0 Å². The number of carbonyl (C=O) groups is 4. The number of likely N-dealkylation sites (N-methyl/N-ethyl adjacent to an activating group) is 2. The van der Waals surface area contributed by atoms with Gasteiger partial charge in [0, 0.05) is 60.5 Å². The molecule has 52 heavy (non-hydrogen) atoms. The van der Waals surface area contributed by atoms with Crippen molar-refractivity contribution in [1.29, 1.82) is 0 Å². The summed E-state index contributed by atoms with van der Waals surface area (Å²) in [4.78, 5) is 50.8. The second-order valence-electron chi connectivity index (χ2n) is 13.1. The van der Waals surface area contributed by atoms with E-state index in [1.165, 1.54) is 26.8 Å². The van der Waals surface area contributed by atoms with Crippen LogP contribution in [0.15, 0.2) is 23.3 Å². The van der Waals surface area contributed by atoms with Crippen molar-refractivity contribution in [3.8, 4) is 0 Å². The zero-order chi connectivity index (χ0) is 44.4. The van der Waals surface area contributed by atoms with Crippen LogP contribution in [0.25, 0.3) is 0 Å². The fourth-order valence-electron chi connectivity index (χ4n) is 1.88. The molecule has 0 bridgehead atoms. The van der Waals surface area contributed by atoms with Crippen LogP contribution in [-0.4, -0.2) is 119 Å². The molecule has 0 N–H and O–H groups in total. The van der Waals surface area contributed by atoms with Gasteiger partial charge in [-0.3, -0.25) is 14.4 Å². The third-order valence-corrected chi connectivity index (χ3v) is 5.40. The zero-order valence-corrected chi connectivity index (χ0v) is 58.3. The van der Waals surface area contributed by atoms with Crippen molar-refractivity contribution < 1.29 is 46.8 Å². The number of allylic oxidation sites excluding steroid dienone is 2. The number of hydrogen-bond acceptors (Lipinski definition) is 5. The quantitative estimate of drug-likeness (QED) is 0.110. The van der Waals surface area contributed by atoms with Gasteiger partial charge in [-0.2, -0.15) is 0 Å². The molecule has 0 saturated carbocycles. The number of halogens is 9. The Bertz CT molecular complexity index is 825. The van der Waals surface area contributed by atoms with Crippen LogP contribution in [0.1, 0.15) is 61.8 Å². The van der Waals surface area contributed by atoms with Crippen molar-refractivity contribution in [3.63, 3.8) is 0 Å². The average molecular weight is 1850 g/mol. The third-order valence-electron chi connectivity index (χ3n) is 4.04. The van der Waals surface area contributed by atoms with Crippen molar-refractivity contribution in [3.05, 3.63) is 23.3 Å². The molecule has 0 aliphatic heterocycles. The van der Waals surface area contributed by atoms with Gasteiger partial charge in [0.15, 0.2) is 0 Å². The second-order valence-corrected chi connectivity index (χ2v) is 82.0. The molecule has 0 saturated heterocycles. The van der Waals surface area contributed by atoms with Crippen LogP contribution in [0.5, 0.6) is 0 Å². The summed E-state index contributed by atoms with van der Waals surface area (Å²) in [5, 5.41) is 0. The van der Waals surface area contributed by atoms with Crippen LogP contribution >= 0.6 is 160 Å². The molecule has 0 heterocycles. The van der Waals surface area contributed by atoms with E-state index in [1.807, 2.05) is 46.7 Å².